The van der Waals surface area contributed by atoms with E-state index in [-0.39, 0.29) is 0 Å². The van der Waals surface area contributed by atoms with Crippen LogP contribution < -0.4 is 10.6 Å². The Bertz CT molecular complexity index is 290. The molecule has 0 bridgehead atoms. The van der Waals surface area contributed by atoms with E-state index >= 15 is 0 Å². The van der Waals surface area contributed by atoms with Crippen LogP contribution in [0, 0.1) is 0 Å². The number of nitrogens with one attached hydrogen (secondary N) is 2. The van der Waals surface area contributed by atoms with E-state index in [1.54, 1.807) is 0 Å². The number of hydrogen-bond acceptors (Lipinski definition) is 4. The van der Waals surface area contributed by atoms with E-state index in [4.69, 9.17) is 4.99 Å². The molecule has 1 aliphatic rings. The van der Waals surface area contributed by atoms with Crippen LogP contribution in [0.15, 0.2) is 4.99 Å². The third-order valence-corrected chi connectivity index (χ3v) is 4.55. The molecule has 0 amide bonds. The minimum absolute atomic E-state index is 0.514. The van der Waals surface area contributed by atoms with Gasteiger partial charge in [-0.15, -0.1) is 0 Å². The summed E-state index contributed by atoms with van der Waals surface area (Å²) in [6.45, 7) is 15.3. The van der Waals surface area contributed by atoms with Gasteiger partial charge in [0.15, 0.2) is 5.96 Å². The monoisotopic (exact) mass is 315 g/mol. The van der Waals surface area contributed by atoms with Gasteiger partial charge in [0.25, 0.3) is 0 Å². The van der Waals surface area contributed by atoms with Crippen LogP contribution in [0.4, 0.5) is 0 Å². The molecule has 0 saturated carbocycles. The number of piperazine rings is 1. The average Bonchev–Trinajstić information content (AvgIpc) is 2.52. The lowest BCUT2D eigenvalue weighted by Gasteiger charge is -2.37. The molecule has 0 aromatic heterocycles. The van der Waals surface area contributed by atoms with Gasteiger partial charge in [-0.3, -0.25) is 9.89 Å². The van der Waals surface area contributed by atoms with Crippen LogP contribution >= 0.6 is 11.8 Å². The fourth-order valence-corrected chi connectivity index (χ4v) is 2.78. The molecule has 6 heteroatoms. The van der Waals surface area contributed by atoms with Crippen molar-refractivity contribution in [1.29, 1.82) is 0 Å². The number of thioether (sulfide) groups is 1. The number of rotatable bonds is 8. The lowest BCUT2D eigenvalue weighted by molar-refractivity contribution is 0.109. The van der Waals surface area contributed by atoms with Crippen LogP contribution in [-0.4, -0.2) is 86.2 Å². The summed E-state index contributed by atoms with van der Waals surface area (Å²) in [6, 6.07) is 0.514. The summed E-state index contributed by atoms with van der Waals surface area (Å²) in [5.41, 5.74) is 0. The zero-order valence-corrected chi connectivity index (χ0v) is 15.0. The van der Waals surface area contributed by atoms with Crippen LogP contribution in [0.2, 0.25) is 0 Å². The Labute approximate surface area is 134 Å². The van der Waals surface area contributed by atoms with E-state index in [0.29, 0.717) is 6.04 Å². The second kappa shape index (κ2) is 11.2. The van der Waals surface area contributed by atoms with Gasteiger partial charge in [0, 0.05) is 51.1 Å². The van der Waals surface area contributed by atoms with Crippen LogP contribution in [0.25, 0.3) is 0 Å². The number of guanidine groups is 1. The average molecular weight is 316 g/mol. The van der Waals surface area contributed by atoms with Crippen LogP contribution in [0.1, 0.15) is 20.8 Å². The highest BCUT2D eigenvalue weighted by molar-refractivity contribution is 7.98. The minimum Gasteiger partial charge on any atom is -0.357 e. The SMILES string of the molecule is CCNC(=NCC(C)N1CCN(CC)CC1)NCCSC. The summed E-state index contributed by atoms with van der Waals surface area (Å²) in [4.78, 5) is 9.80. The van der Waals surface area contributed by atoms with Crippen LogP contribution in [0.5, 0.6) is 0 Å². The first-order valence-electron chi connectivity index (χ1n) is 8.18. The van der Waals surface area contributed by atoms with Crippen molar-refractivity contribution in [2.24, 2.45) is 4.99 Å². The molecule has 1 saturated heterocycles. The highest BCUT2D eigenvalue weighted by Crippen LogP contribution is 2.06. The largest absolute Gasteiger partial charge is 0.357 e. The van der Waals surface area contributed by atoms with Crippen LogP contribution in [-0.2, 0) is 0 Å². The number of nitrogens with zero attached hydrogens (tertiary/aromatic N) is 3. The molecule has 0 aromatic carbocycles. The molecule has 1 unspecified atom stereocenters. The van der Waals surface area contributed by atoms with E-state index in [2.05, 4.69) is 47.5 Å². The van der Waals surface area contributed by atoms with Crippen LogP contribution in [0.3, 0.4) is 0 Å². The molecule has 124 valence electrons. The number of hydrogen-bond donors (Lipinski definition) is 2. The molecule has 0 radical (unpaired) electrons. The van der Waals surface area contributed by atoms with Gasteiger partial charge >= 0.3 is 0 Å². The molecule has 0 aromatic rings. The maximum atomic E-state index is 4.73. The third kappa shape index (κ3) is 7.38. The number of aliphatic imine (C=N–C) groups is 1. The molecule has 1 atom stereocenters. The fraction of sp³-hybridized carbons (Fsp3) is 0.933. The van der Waals surface area contributed by atoms with Gasteiger partial charge in [0.05, 0.1) is 6.54 Å². The van der Waals surface area contributed by atoms with Gasteiger partial charge in [-0.25, -0.2) is 0 Å². The van der Waals surface area contributed by atoms with Crippen molar-refractivity contribution in [2.45, 2.75) is 26.8 Å². The Hall–Kier alpha value is -0.460. The lowest BCUT2D eigenvalue weighted by Crippen LogP contribution is -2.50. The first-order chi connectivity index (χ1) is 10.2. The van der Waals surface area contributed by atoms with Crippen molar-refractivity contribution in [3.8, 4) is 0 Å². The smallest absolute Gasteiger partial charge is 0.191 e. The first-order valence-corrected chi connectivity index (χ1v) is 9.58. The molecule has 1 fully saturated rings. The lowest BCUT2D eigenvalue weighted by atomic mass is 10.2. The second-order valence-corrected chi connectivity index (χ2v) is 6.44. The Morgan fingerprint density at radius 1 is 1.19 bits per heavy atom. The number of likely N-dealkylation sites (N-methyl/N-ethyl adjacent to an activating group) is 1. The minimum atomic E-state index is 0.514. The molecule has 0 spiro atoms. The van der Waals surface area contributed by atoms with Gasteiger partial charge < -0.3 is 15.5 Å². The van der Waals surface area contributed by atoms with Gasteiger partial charge in [0.1, 0.15) is 0 Å². The van der Waals surface area contributed by atoms with Crippen molar-refractivity contribution in [3.05, 3.63) is 0 Å². The van der Waals surface area contributed by atoms with Crippen molar-refractivity contribution in [3.63, 3.8) is 0 Å². The molecule has 0 aliphatic carbocycles. The Balaban J connectivity index is 2.36. The highest BCUT2D eigenvalue weighted by atomic mass is 32.2. The molecule has 2 N–H and O–H groups in total. The maximum Gasteiger partial charge on any atom is 0.191 e. The Morgan fingerprint density at radius 2 is 1.90 bits per heavy atom. The van der Waals surface area contributed by atoms with E-state index < -0.39 is 0 Å². The zero-order valence-electron chi connectivity index (χ0n) is 14.2. The Morgan fingerprint density at radius 3 is 2.48 bits per heavy atom. The van der Waals surface area contributed by atoms with Crippen molar-refractivity contribution in [1.82, 2.24) is 20.4 Å². The van der Waals surface area contributed by atoms with Crippen molar-refractivity contribution in [2.75, 3.05) is 64.4 Å². The molecule has 1 aliphatic heterocycles. The molecule has 21 heavy (non-hydrogen) atoms. The van der Waals surface area contributed by atoms with Crippen molar-refractivity contribution < 1.29 is 0 Å². The second-order valence-electron chi connectivity index (χ2n) is 5.46. The maximum absolute atomic E-state index is 4.73. The van der Waals surface area contributed by atoms with E-state index in [0.717, 1.165) is 31.3 Å². The zero-order chi connectivity index (χ0) is 15.5. The summed E-state index contributed by atoms with van der Waals surface area (Å²) in [5.74, 6) is 2.06. The molecular formula is C15H33N5S. The predicted molar refractivity (Wildman–Crippen MR) is 95.5 cm³/mol. The summed E-state index contributed by atoms with van der Waals surface area (Å²) in [5, 5.41) is 6.71. The summed E-state index contributed by atoms with van der Waals surface area (Å²) >= 11 is 1.85. The summed E-state index contributed by atoms with van der Waals surface area (Å²) in [6.07, 6.45) is 2.13. The highest BCUT2D eigenvalue weighted by Gasteiger charge is 2.19. The molecular weight excluding hydrogens is 282 g/mol. The van der Waals surface area contributed by atoms with Gasteiger partial charge in [-0.2, -0.15) is 11.8 Å². The summed E-state index contributed by atoms with van der Waals surface area (Å²) < 4.78 is 0. The quantitative estimate of drug-likeness (QED) is 0.396. The predicted octanol–water partition coefficient (Wildman–Crippen LogP) is 0.931. The van der Waals surface area contributed by atoms with Gasteiger partial charge in [-0.1, -0.05) is 6.92 Å². The van der Waals surface area contributed by atoms with Crippen molar-refractivity contribution >= 4 is 17.7 Å². The Kier molecular flexibility index (Phi) is 9.87. The third-order valence-electron chi connectivity index (χ3n) is 3.93. The topological polar surface area (TPSA) is 42.9 Å². The molecule has 5 nitrogen and oxygen atoms in total. The van der Waals surface area contributed by atoms with E-state index in [1.165, 1.54) is 32.7 Å². The van der Waals surface area contributed by atoms with Gasteiger partial charge in [0.2, 0.25) is 0 Å². The van der Waals surface area contributed by atoms with Gasteiger partial charge in [-0.05, 0) is 26.6 Å². The first kappa shape index (κ1) is 18.6. The summed E-state index contributed by atoms with van der Waals surface area (Å²) in [7, 11) is 0. The molecule has 1 heterocycles. The molecule has 1 rings (SSSR count). The fourth-order valence-electron chi connectivity index (χ4n) is 2.47. The van der Waals surface area contributed by atoms with E-state index in [9.17, 15) is 0 Å². The normalized spacial score (nSPS) is 19.5. The van der Waals surface area contributed by atoms with E-state index in [1.807, 2.05) is 11.8 Å². The standard InChI is InChI=1S/C15H33N5S/c1-5-16-15(17-7-12-21-4)18-13-14(3)20-10-8-19(6-2)9-11-20/h14H,5-13H2,1-4H3,(H2,16,17,18).